The molecule has 0 unspecified atom stereocenters. The molecule has 0 fully saturated rings. The van der Waals surface area contributed by atoms with Crippen LogP contribution in [-0.2, 0) is 6.61 Å². The van der Waals surface area contributed by atoms with Crippen molar-refractivity contribution in [1.29, 1.82) is 0 Å². The molecule has 2 aromatic heterocycles. The predicted molar refractivity (Wildman–Crippen MR) is 78.1 cm³/mol. The van der Waals surface area contributed by atoms with Crippen molar-refractivity contribution in [1.82, 2.24) is 15.2 Å². The molecule has 0 amide bonds. The van der Waals surface area contributed by atoms with Gasteiger partial charge in [-0.15, -0.1) is 0 Å². The van der Waals surface area contributed by atoms with Crippen LogP contribution in [0.4, 0.5) is 0 Å². The van der Waals surface area contributed by atoms with Crippen LogP contribution < -0.4 is 4.74 Å². The molecule has 1 N–H and O–H groups in total. The zero-order valence-electron chi connectivity index (χ0n) is 10.2. The van der Waals surface area contributed by atoms with E-state index in [2.05, 4.69) is 28.2 Å². The van der Waals surface area contributed by atoms with Gasteiger partial charge < -0.3 is 4.74 Å². The summed E-state index contributed by atoms with van der Waals surface area (Å²) in [6, 6.07) is 9.95. The topological polar surface area (TPSA) is 50.8 Å². The normalized spacial score (nSPS) is 10.8. The zero-order chi connectivity index (χ0) is 13.2. The molecule has 0 radical (unpaired) electrons. The summed E-state index contributed by atoms with van der Waals surface area (Å²) in [6.45, 7) is 2.43. The van der Waals surface area contributed by atoms with Crippen molar-refractivity contribution in [3.8, 4) is 5.88 Å². The van der Waals surface area contributed by atoms with Crippen molar-refractivity contribution in [3.63, 3.8) is 0 Å². The molecule has 2 heterocycles. The van der Waals surface area contributed by atoms with Gasteiger partial charge in [-0.05, 0) is 30.8 Å². The van der Waals surface area contributed by atoms with E-state index in [1.807, 2.05) is 24.3 Å². The van der Waals surface area contributed by atoms with Gasteiger partial charge in [0.1, 0.15) is 6.61 Å². The molecule has 6 heteroatoms. The number of hydrogen-bond acceptors (Lipinski definition) is 5. The number of benzene rings is 1. The number of nitrogens with one attached hydrogen (secondary N) is 1. The Labute approximate surface area is 119 Å². The molecular formula is C13H11N3OS2. The van der Waals surface area contributed by atoms with Crippen molar-refractivity contribution in [2.45, 2.75) is 13.5 Å². The van der Waals surface area contributed by atoms with Crippen molar-refractivity contribution in [2.24, 2.45) is 0 Å². The largest absolute Gasteiger partial charge is 0.470 e. The Morgan fingerprint density at radius 2 is 2.21 bits per heavy atom. The molecule has 0 atom stereocenters. The van der Waals surface area contributed by atoms with Gasteiger partial charge in [0.25, 0.3) is 0 Å². The first-order chi connectivity index (χ1) is 9.22. The molecule has 0 aliphatic carbocycles. The Morgan fingerprint density at radius 3 is 3.00 bits per heavy atom. The quantitative estimate of drug-likeness (QED) is 0.748. The molecule has 4 nitrogen and oxygen atoms in total. The van der Waals surface area contributed by atoms with Crippen molar-refractivity contribution in [3.05, 3.63) is 44.9 Å². The van der Waals surface area contributed by atoms with Crippen molar-refractivity contribution in [2.75, 3.05) is 0 Å². The summed E-state index contributed by atoms with van der Waals surface area (Å²) >= 11 is 6.39. The summed E-state index contributed by atoms with van der Waals surface area (Å²) in [4.78, 5) is 4.48. The number of aryl methyl sites for hydroxylation is 1. The second-order valence-electron chi connectivity index (χ2n) is 4.09. The summed E-state index contributed by atoms with van der Waals surface area (Å²) in [5.41, 5.74) is 2.09. The molecule has 0 spiro atoms. The second-order valence-corrected chi connectivity index (χ2v) is 5.84. The number of H-pyrrole nitrogens is 1. The fourth-order valence-corrected chi connectivity index (χ4v) is 2.70. The van der Waals surface area contributed by atoms with E-state index in [4.69, 9.17) is 17.0 Å². The maximum absolute atomic E-state index is 5.66. The summed E-state index contributed by atoms with van der Waals surface area (Å²) in [5.74, 6) is 0.609. The van der Waals surface area contributed by atoms with Gasteiger partial charge in [0.05, 0.1) is 5.52 Å². The number of fused-ring (bicyclic) bond motifs is 1. The van der Waals surface area contributed by atoms with E-state index < -0.39 is 0 Å². The first kappa shape index (κ1) is 12.3. The summed E-state index contributed by atoms with van der Waals surface area (Å²) in [5, 5.41) is 8.74. The Bertz CT molecular complexity index is 779. The van der Waals surface area contributed by atoms with Crippen LogP contribution in [0.3, 0.4) is 0 Å². The fourth-order valence-electron chi connectivity index (χ4n) is 1.85. The minimum absolute atomic E-state index is 0.378. The van der Waals surface area contributed by atoms with Gasteiger partial charge in [-0.1, -0.05) is 29.5 Å². The highest BCUT2D eigenvalue weighted by atomic mass is 32.1. The lowest BCUT2D eigenvalue weighted by Crippen LogP contribution is -1.98. The molecule has 0 aliphatic rings. The third-order valence-corrected chi connectivity index (χ3v) is 3.79. The lowest BCUT2D eigenvalue weighted by Gasteiger charge is -2.06. The number of aromatic nitrogens is 3. The summed E-state index contributed by atoms with van der Waals surface area (Å²) < 4.78 is 6.32. The Balaban J connectivity index is 1.87. The van der Waals surface area contributed by atoms with Crippen LogP contribution in [0.15, 0.2) is 30.3 Å². The second kappa shape index (κ2) is 5.07. The van der Waals surface area contributed by atoms with Crippen LogP contribution in [0.25, 0.3) is 10.9 Å². The predicted octanol–water partition coefficient (Wildman–Crippen LogP) is 3.64. The monoisotopic (exact) mass is 289 g/mol. The third-order valence-electron chi connectivity index (χ3n) is 2.73. The number of hydrogen-bond donors (Lipinski definition) is 1. The van der Waals surface area contributed by atoms with Gasteiger partial charge in [0.15, 0.2) is 8.96 Å². The zero-order valence-corrected chi connectivity index (χ0v) is 11.8. The molecule has 19 heavy (non-hydrogen) atoms. The van der Waals surface area contributed by atoms with E-state index in [0.29, 0.717) is 16.4 Å². The maximum atomic E-state index is 5.66. The SMILES string of the molecule is Cc1cc(OCc2n[nH]c(=S)s2)nc2ccccc12. The van der Waals surface area contributed by atoms with Gasteiger partial charge in [-0.3, -0.25) is 5.10 Å². The van der Waals surface area contributed by atoms with Crippen LogP contribution in [-0.4, -0.2) is 15.2 Å². The van der Waals surface area contributed by atoms with Crippen LogP contribution in [0.2, 0.25) is 0 Å². The van der Waals surface area contributed by atoms with Crippen LogP contribution in [0.1, 0.15) is 10.6 Å². The van der Waals surface area contributed by atoms with E-state index in [0.717, 1.165) is 21.5 Å². The van der Waals surface area contributed by atoms with Crippen LogP contribution in [0, 0.1) is 10.9 Å². The Hall–Kier alpha value is -1.79. The third kappa shape index (κ3) is 2.64. The average molecular weight is 289 g/mol. The van der Waals surface area contributed by atoms with E-state index >= 15 is 0 Å². The lowest BCUT2D eigenvalue weighted by molar-refractivity contribution is 0.293. The number of aromatic amines is 1. The highest BCUT2D eigenvalue weighted by molar-refractivity contribution is 7.73. The van der Waals surface area contributed by atoms with Gasteiger partial charge in [0, 0.05) is 11.5 Å². The van der Waals surface area contributed by atoms with Crippen LogP contribution >= 0.6 is 23.6 Å². The van der Waals surface area contributed by atoms with Crippen LogP contribution in [0.5, 0.6) is 5.88 Å². The average Bonchev–Trinajstić information content (AvgIpc) is 2.82. The fraction of sp³-hybridized carbons (Fsp3) is 0.154. The molecule has 3 rings (SSSR count). The van der Waals surface area contributed by atoms with Gasteiger partial charge in [0.2, 0.25) is 5.88 Å². The molecule has 0 saturated carbocycles. The minimum Gasteiger partial charge on any atom is -0.470 e. The van der Waals surface area contributed by atoms with Gasteiger partial charge >= 0.3 is 0 Å². The van der Waals surface area contributed by atoms with Crippen molar-refractivity contribution < 1.29 is 4.74 Å². The molecular weight excluding hydrogens is 278 g/mol. The molecule has 1 aromatic carbocycles. The lowest BCUT2D eigenvalue weighted by atomic mass is 10.1. The van der Waals surface area contributed by atoms with E-state index in [1.165, 1.54) is 11.3 Å². The maximum Gasteiger partial charge on any atom is 0.214 e. The van der Waals surface area contributed by atoms with E-state index in [1.54, 1.807) is 0 Å². The Morgan fingerprint density at radius 1 is 1.37 bits per heavy atom. The van der Waals surface area contributed by atoms with E-state index in [9.17, 15) is 0 Å². The number of para-hydroxylation sites is 1. The van der Waals surface area contributed by atoms with Gasteiger partial charge in [-0.2, -0.15) is 5.10 Å². The minimum atomic E-state index is 0.378. The number of rotatable bonds is 3. The highest BCUT2D eigenvalue weighted by Crippen LogP contribution is 2.21. The molecule has 0 saturated heterocycles. The molecule has 0 aliphatic heterocycles. The number of pyridine rings is 1. The number of nitrogens with zero attached hydrogens (tertiary/aromatic N) is 2. The summed E-state index contributed by atoms with van der Waals surface area (Å²) in [7, 11) is 0. The number of ether oxygens (including phenoxy) is 1. The summed E-state index contributed by atoms with van der Waals surface area (Å²) in [6.07, 6.45) is 0. The highest BCUT2D eigenvalue weighted by Gasteiger charge is 2.04. The molecule has 3 aromatic rings. The molecule has 0 bridgehead atoms. The standard InChI is InChI=1S/C13H11N3OS2/c1-8-6-11(14-10-5-3-2-4-9(8)10)17-7-12-15-16-13(18)19-12/h2-6H,7H2,1H3,(H,16,18). The first-order valence-electron chi connectivity index (χ1n) is 5.76. The first-order valence-corrected chi connectivity index (χ1v) is 6.98. The van der Waals surface area contributed by atoms with Crippen molar-refractivity contribution >= 4 is 34.5 Å². The van der Waals surface area contributed by atoms with Gasteiger partial charge in [-0.25, -0.2) is 4.98 Å². The Kier molecular flexibility index (Phi) is 3.27. The smallest absolute Gasteiger partial charge is 0.214 e. The molecule has 96 valence electrons. The van der Waals surface area contributed by atoms with E-state index in [-0.39, 0.29) is 0 Å².